The van der Waals surface area contributed by atoms with E-state index < -0.39 is 30.4 Å². The third kappa shape index (κ3) is 5.35. The topological polar surface area (TPSA) is 94.1 Å². The highest BCUT2D eigenvalue weighted by molar-refractivity contribution is 6.56. The SMILES string of the molecule is CC1(C)OB(C(=Cc2ccc(C(=O)O)cc2)CNC(=O)OCC2c3ccccc3-c3ccccc32)OC1(C)C. The van der Waals surface area contributed by atoms with E-state index in [1.165, 1.54) is 23.3 Å². The summed E-state index contributed by atoms with van der Waals surface area (Å²) in [5.41, 5.74) is 5.15. The fourth-order valence-corrected chi connectivity index (χ4v) is 4.96. The molecule has 0 radical (unpaired) electrons. The molecular weight excluding hydrogens is 493 g/mol. The summed E-state index contributed by atoms with van der Waals surface area (Å²) in [7, 11) is -0.692. The van der Waals surface area contributed by atoms with Crippen molar-refractivity contribution in [3.63, 3.8) is 0 Å². The van der Waals surface area contributed by atoms with Gasteiger partial charge in [-0.1, -0.05) is 66.7 Å². The van der Waals surface area contributed by atoms with E-state index in [1.54, 1.807) is 12.1 Å². The Bertz CT molecular complexity index is 1370. The quantitative estimate of drug-likeness (QED) is 0.371. The van der Waals surface area contributed by atoms with Crippen molar-refractivity contribution in [2.75, 3.05) is 13.2 Å². The molecule has 5 rings (SSSR count). The summed E-state index contributed by atoms with van der Waals surface area (Å²) >= 11 is 0. The van der Waals surface area contributed by atoms with Crippen molar-refractivity contribution in [1.82, 2.24) is 5.32 Å². The first-order valence-electron chi connectivity index (χ1n) is 13.0. The molecule has 2 N–H and O–H groups in total. The van der Waals surface area contributed by atoms with Gasteiger partial charge in [0.15, 0.2) is 0 Å². The van der Waals surface area contributed by atoms with Crippen molar-refractivity contribution < 1.29 is 28.7 Å². The molecular formula is C31H32BNO6. The molecule has 1 fully saturated rings. The van der Waals surface area contributed by atoms with Crippen LogP contribution in [-0.4, -0.2) is 48.6 Å². The molecule has 1 aliphatic carbocycles. The predicted molar refractivity (Wildman–Crippen MR) is 151 cm³/mol. The number of fused-ring (bicyclic) bond motifs is 3. The zero-order valence-corrected chi connectivity index (χ0v) is 22.6. The van der Waals surface area contributed by atoms with Gasteiger partial charge in [-0.15, -0.1) is 0 Å². The van der Waals surface area contributed by atoms with Crippen LogP contribution in [0.2, 0.25) is 0 Å². The normalized spacial score (nSPS) is 17.4. The smallest absolute Gasteiger partial charge is 0.478 e. The van der Waals surface area contributed by atoms with Gasteiger partial charge >= 0.3 is 19.2 Å². The Balaban J connectivity index is 1.30. The minimum atomic E-state index is -0.992. The van der Waals surface area contributed by atoms with Crippen LogP contribution in [0, 0.1) is 0 Å². The summed E-state index contributed by atoms with van der Waals surface area (Å²) in [6.07, 6.45) is 1.30. The van der Waals surface area contributed by atoms with Gasteiger partial charge in [-0.25, -0.2) is 9.59 Å². The van der Waals surface area contributed by atoms with Crippen molar-refractivity contribution in [3.8, 4) is 11.1 Å². The van der Waals surface area contributed by atoms with Gasteiger partial charge in [0.1, 0.15) is 6.61 Å². The Labute approximate surface area is 228 Å². The van der Waals surface area contributed by atoms with Crippen LogP contribution in [0.25, 0.3) is 17.2 Å². The number of hydrogen-bond donors (Lipinski definition) is 2. The molecule has 2 aliphatic rings. The van der Waals surface area contributed by atoms with Crippen LogP contribution in [0.5, 0.6) is 0 Å². The number of benzene rings is 3. The molecule has 0 bridgehead atoms. The lowest BCUT2D eigenvalue weighted by Gasteiger charge is -2.32. The maximum absolute atomic E-state index is 12.9. The molecule has 0 saturated carbocycles. The van der Waals surface area contributed by atoms with E-state index in [1.807, 2.05) is 58.0 Å². The van der Waals surface area contributed by atoms with Gasteiger partial charge in [-0.2, -0.15) is 0 Å². The molecule has 0 atom stereocenters. The average molecular weight is 525 g/mol. The van der Waals surface area contributed by atoms with Crippen LogP contribution in [0.3, 0.4) is 0 Å². The van der Waals surface area contributed by atoms with E-state index >= 15 is 0 Å². The highest BCUT2D eigenvalue weighted by Crippen LogP contribution is 2.44. The molecule has 1 aliphatic heterocycles. The highest BCUT2D eigenvalue weighted by atomic mass is 16.7. The third-order valence-corrected chi connectivity index (χ3v) is 7.85. The van der Waals surface area contributed by atoms with Gasteiger partial charge in [-0.3, -0.25) is 0 Å². The molecule has 0 aromatic heterocycles. The van der Waals surface area contributed by atoms with E-state index in [0.29, 0.717) is 5.47 Å². The predicted octanol–water partition coefficient (Wildman–Crippen LogP) is 5.94. The Hall–Kier alpha value is -3.88. The number of rotatable bonds is 7. The number of hydrogen-bond acceptors (Lipinski definition) is 5. The summed E-state index contributed by atoms with van der Waals surface area (Å²) in [4.78, 5) is 24.1. The number of carbonyl (C=O) groups is 2. The van der Waals surface area contributed by atoms with Crippen molar-refractivity contribution in [3.05, 3.63) is 101 Å². The molecule has 3 aromatic carbocycles. The van der Waals surface area contributed by atoms with Gasteiger partial charge in [0.25, 0.3) is 0 Å². The van der Waals surface area contributed by atoms with Gasteiger partial charge in [0.05, 0.1) is 16.8 Å². The molecule has 7 nitrogen and oxygen atoms in total. The number of carboxylic acids is 1. The fraction of sp³-hybridized carbons (Fsp3) is 0.290. The Morgan fingerprint density at radius 2 is 1.44 bits per heavy atom. The summed E-state index contributed by atoms with van der Waals surface area (Å²) in [5, 5.41) is 12.1. The molecule has 1 saturated heterocycles. The number of ether oxygens (including phenoxy) is 1. The molecule has 8 heteroatoms. The van der Waals surface area contributed by atoms with Crippen LogP contribution in [-0.2, 0) is 14.0 Å². The lowest BCUT2D eigenvalue weighted by Crippen LogP contribution is -2.41. The van der Waals surface area contributed by atoms with E-state index in [9.17, 15) is 14.7 Å². The number of aromatic carboxylic acids is 1. The Morgan fingerprint density at radius 1 is 0.897 bits per heavy atom. The summed E-state index contributed by atoms with van der Waals surface area (Å²) in [6.45, 7) is 8.20. The number of nitrogens with one attached hydrogen (secondary N) is 1. The molecule has 1 amide bonds. The Morgan fingerprint density at radius 3 is 1.97 bits per heavy atom. The zero-order chi connectivity index (χ0) is 27.8. The second-order valence-corrected chi connectivity index (χ2v) is 10.9. The van der Waals surface area contributed by atoms with Crippen LogP contribution in [0.15, 0.2) is 78.3 Å². The van der Waals surface area contributed by atoms with E-state index in [-0.39, 0.29) is 24.6 Å². The molecule has 0 unspecified atom stereocenters. The standard InChI is InChI=1S/C31H32BNO6/c1-30(2)31(3,4)39-32(38-30)22(17-20-13-15-21(16-14-20)28(34)35)18-33-29(36)37-19-27-25-11-7-5-9-23(25)24-10-6-8-12-26(24)27/h5-17,27H,18-19H2,1-4H3,(H,33,36)(H,34,35). The van der Waals surface area contributed by atoms with Crippen LogP contribution in [0.1, 0.15) is 60.7 Å². The molecule has 39 heavy (non-hydrogen) atoms. The average Bonchev–Trinajstić information content (AvgIpc) is 3.34. The molecule has 200 valence electrons. The van der Waals surface area contributed by atoms with Gasteiger partial charge in [-0.05, 0) is 73.1 Å². The molecule has 3 aromatic rings. The second kappa shape index (κ2) is 10.4. The summed E-state index contributed by atoms with van der Waals surface area (Å²) in [6, 6.07) is 22.9. The number of carboxylic acid groups (broad SMARTS) is 1. The monoisotopic (exact) mass is 525 g/mol. The first-order valence-corrected chi connectivity index (χ1v) is 13.0. The lowest BCUT2D eigenvalue weighted by atomic mass is 9.77. The minimum Gasteiger partial charge on any atom is -0.478 e. The van der Waals surface area contributed by atoms with Crippen molar-refractivity contribution >= 4 is 25.3 Å². The minimum absolute atomic E-state index is 0.0333. The fourth-order valence-electron chi connectivity index (χ4n) is 4.96. The summed E-state index contributed by atoms with van der Waals surface area (Å²) < 4.78 is 18.2. The van der Waals surface area contributed by atoms with Crippen molar-refractivity contribution in [2.24, 2.45) is 0 Å². The first-order chi connectivity index (χ1) is 18.6. The van der Waals surface area contributed by atoms with Crippen LogP contribution >= 0.6 is 0 Å². The zero-order valence-electron chi connectivity index (χ0n) is 22.6. The first kappa shape index (κ1) is 26.7. The van der Waals surface area contributed by atoms with E-state index in [4.69, 9.17) is 14.0 Å². The van der Waals surface area contributed by atoms with E-state index in [0.717, 1.165) is 16.7 Å². The third-order valence-electron chi connectivity index (χ3n) is 7.85. The largest absolute Gasteiger partial charge is 0.492 e. The van der Waals surface area contributed by atoms with Crippen LogP contribution in [0.4, 0.5) is 4.79 Å². The number of alkyl carbamates (subject to hydrolysis) is 1. The van der Waals surface area contributed by atoms with Crippen LogP contribution < -0.4 is 5.32 Å². The Kier molecular flexibility index (Phi) is 7.10. The second-order valence-electron chi connectivity index (χ2n) is 10.9. The summed E-state index contributed by atoms with van der Waals surface area (Å²) in [5.74, 6) is -1.03. The number of carbonyl (C=O) groups excluding carboxylic acids is 1. The van der Waals surface area contributed by atoms with Crippen molar-refractivity contribution in [1.29, 1.82) is 0 Å². The molecule has 1 heterocycles. The van der Waals surface area contributed by atoms with Crippen molar-refractivity contribution in [2.45, 2.75) is 44.8 Å². The van der Waals surface area contributed by atoms with Gasteiger partial charge in [0, 0.05) is 12.5 Å². The number of amides is 1. The maximum atomic E-state index is 12.9. The van der Waals surface area contributed by atoms with E-state index in [2.05, 4.69) is 29.6 Å². The molecule has 0 spiro atoms. The lowest BCUT2D eigenvalue weighted by molar-refractivity contribution is 0.00578. The highest BCUT2D eigenvalue weighted by Gasteiger charge is 2.52. The van der Waals surface area contributed by atoms with Gasteiger partial charge < -0.3 is 24.5 Å². The van der Waals surface area contributed by atoms with Gasteiger partial charge in [0.2, 0.25) is 0 Å². The maximum Gasteiger partial charge on any atom is 0.492 e.